The van der Waals surface area contributed by atoms with E-state index in [1.54, 1.807) is 0 Å². The first kappa shape index (κ1) is 15.5. The van der Waals surface area contributed by atoms with Crippen LogP contribution in [0.25, 0.3) is 4.96 Å². The fourth-order valence-electron chi connectivity index (χ4n) is 3.14. The third-order valence-electron chi connectivity index (χ3n) is 4.21. The molecule has 0 fully saturated rings. The van der Waals surface area contributed by atoms with Crippen molar-refractivity contribution >= 4 is 16.3 Å². The average molecular weight is 344 g/mol. The summed E-state index contributed by atoms with van der Waals surface area (Å²) < 4.78 is 3.66. The first-order chi connectivity index (χ1) is 11.6. The van der Waals surface area contributed by atoms with Crippen LogP contribution >= 0.6 is 11.3 Å². The number of rotatable bonds is 4. The van der Waals surface area contributed by atoms with Gasteiger partial charge in [0.2, 0.25) is 4.96 Å². The Bertz CT molecular complexity index is 916. The van der Waals surface area contributed by atoms with E-state index < -0.39 is 0 Å². The monoisotopic (exact) mass is 344 g/mol. The van der Waals surface area contributed by atoms with Gasteiger partial charge in [0.05, 0.1) is 12.2 Å². The van der Waals surface area contributed by atoms with Crippen molar-refractivity contribution < 1.29 is 0 Å². The van der Waals surface area contributed by atoms with Gasteiger partial charge in [0.15, 0.2) is 0 Å². The standard InChI is InChI=1S/C16H20N6OS/c1-11-7-15(23)22-16(17-11)24-14(19-22)10-20(2)8-12-9-21-6-4-3-5-13(21)18-12/h7,9H,3-6,8,10H2,1-2H3. The minimum absolute atomic E-state index is 0.121. The number of nitrogens with zero attached hydrogens (tertiary/aromatic N) is 6. The van der Waals surface area contributed by atoms with Crippen molar-refractivity contribution in [1.82, 2.24) is 29.0 Å². The molecule has 7 nitrogen and oxygen atoms in total. The number of aryl methyl sites for hydroxylation is 3. The lowest BCUT2D eigenvalue weighted by Gasteiger charge is -2.12. The summed E-state index contributed by atoms with van der Waals surface area (Å²) in [6.07, 6.45) is 5.72. The Kier molecular flexibility index (Phi) is 3.93. The van der Waals surface area contributed by atoms with Crippen molar-refractivity contribution in [3.05, 3.63) is 44.8 Å². The zero-order chi connectivity index (χ0) is 16.7. The fourth-order valence-corrected chi connectivity index (χ4v) is 4.16. The van der Waals surface area contributed by atoms with Crippen molar-refractivity contribution in [1.29, 1.82) is 0 Å². The average Bonchev–Trinajstić information content (AvgIpc) is 3.09. The van der Waals surface area contributed by atoms with Crippen LogP contribution in [0.5, 0.6) is 0 Å². The van der Waals surface area contributed by atoms with Gasteiger partial charge in [-0.1, -0.05) is 11.3 Å². The molecule has 0 saturated carbocycles. The van der Waals surface area contributed by atoms with Crippen LogP contribution in [0.15, 0.2) is 17.1 Å². The van der Waals surface area contributed by atoms with Crippen molar-refractivity contribution in [2.75, 3.05) is 7.05 Å². The summed E-state index contributed by atoms with van der Waals surface area (Å²) in [7, 11) is 2.05. The molecule has 3 aromatic heterocycles. The number of aromatic nitrogens is 5. The molecule has 4 rings (SSSR count). The van der Waals surface area contributed by atoms with E-state index in [1.165, 1.54) is 40.6 Å². The normalized spacial score (nSPS) is 14.5. The van der Waals surface area contributed by atoms with Crippen molar-refractivity contribution in [3.63, 3.8) is 0 Å². The van der Waals surface area contributed by atoms with Gasteiger partial charge in [-0.3, -0.25) is 9.69 Å². The fraction of sp³-hybridized carbons (Fsp3) is 0.500. The second kappa shape index (κ2) is 6.10. The van der Waals surface area contributed by atoms with Crippen LogP contribution in [-0.4, -0.2) is 36.1 Å². The molecule has 4 heterocycles. The van der Waals surface area contributed by atoms with Gasteiger partial charge in [-0.15, -0.1) is 0 Å². The minimum Gasteiger partial charge on any atom is -0.335 e. The van der Waals surface area contributed by atoms with Crippen LogP contribution in [0.4, 0.5) is 0 Å². The van der Waals surface area contributed by atoms with E-state index in [2.05, 4.69) is 25.7 Å². The lowest BCUT2D eigenvalue weighted by molar-refractivity contribution is 0.313. The van der Waals surface area contributed by atoms with Gasteiger partial charge in [-0.25, -0.2) is 9.97 Å². The number of imidazole rings is 1. The summed E-state index contributed by atoms with van der Waals surface area (Å²) in [4.78, 5) is 23.9. The van der Waals surface area contributed by atoms with E-state index in [4.69, 9.17) is 4.98 Å². The second-order valence-corrected chi connectivity index (χ2v) is 7.44. The molecule has 0 bridgehead atoms. The zero-order valence-electron chi connectivity index (χ0n) is 13.9. The summed E-state index contributed by atoms with van der Waals surface area (Å²) in [6, 6.07) is 1.51. The van der Waals surface area contributed by atoms with E-state index in [0.717, 1.165) is 35.9 Å². The lowest BCUT2D eigenvalue weighted by atomic mass is 10.2. The van der Waals surface area contributed by atoms with Crippen LogP contribution < -0.4 is 5.56 Å². The van der Waals surface area contributed by atoms with Gasteiger partial charge >= 0.3 is 0 Å². The summed E-state index contributed by atoms with van der Waals surface area (Å²) >= 11 is 1.47. The molecule has 8 heteroatoms. The highest BCUT2D eigenvalue weighted by atomic mass is 32.1. The van der Waals surface area contributed by atoms with Gasteiger partial charge < -0.3 is 4.57 Å². The molecule has 0 N–H and O–H groups in total. The summed E-state index contributed by atoms with van der Waals surface area (Å²) in [5, 5.41) is 5.28. The number of hydrogen-bond donors (Lipinski definition) is 0. The molecule has 126 valence electrons. The van der Waals surface area contributed by atoms with Crippen LogP contribution in [0.3, 0.4) is 0 Å². The highest BCUT2D eigenvalue weighted by Crippen LogP contribution is 2.17. The maximum absolute atomic E-state index is 11.9. The second-order valence-electron chi connectivity index (χ2n) is 6.40. The molecular weight excluding hydrogens is 324 g/mol. The van der Waals surface area contributed by atoms with Crippen LogP contribution in [0.1, 0.15) is 35.1 Å². The van der Waals surface area contributed by atoms with Gasteiger partial charge in [-0.05, 0) is 26.8 Å². The number of hydrogen-bond acceptors (Lipinski definition) is 6. The predicted octanol–water partition coefficient (Wildman–Crippen LogP) is 1.62. The quantitative estimate of drug-likeness (QED) is 0.719. The first-order valence-corrected chi connectivity index (χ1v) is 9.00. The Morgan fingerprint density at radius 3 is 3.00 bits per heavy atom. The molecule has 24 heavy (non-hydrogen) atoms. The molecule has 0 radical (unpaired) electrons. The molecule has 0 spiro atoms. The first-order valence-electron chi connectivity index (χ1n) is 8.18. The molecule has 1 aliphatic heterocycles. The van der Waals surface area contributed by atoms with Crippen LogP contribution in [0, 0.1) is 6.92 Å². The van der Waals surface area contributed by atoms with Gasteiger partial charge in [0.1, 0.15) is 10.8 Å². The third-order valence-corrected chi connectivity index (χ3v) is 5.10. The maximum Gasteiger partial charge on any atom is 0.275 e. The van der Waals surface area contributed by atoms with Crippen LogP contribution in [-0.2, 0) is 26.1 Å². The Balaban J connectivity index is 1.49. The molecule has 0 amide bonds. The lowest BCUT2D eigenvalue weighted by Crippen LogP contribution is -2.18. The third kappa shape index (κ3) is 2.99. The van der Waals surface area contributed by atoms with E-state index in [1.807, 2.05) is 14.0 Å². The molecule has 0 aliphatic carbocycles. The smallest absolute Gasteiger partial charge is 0.275 e. The Hall–Kier alpha value is -2.06. The molecule has 0 atom stereocenters. The van der Waals surface area contributed by atoms with Crippen molar-refractivity contribution in [3.8, 4) is 0 Å². The number of fused-ring (bicyclic) bond motifs is 2. The van der Waals surface area contributed by atoms with Crippen molar-refractivity contribution in [2.45, 2.75) is 45.8 Å². The molecule has 1 aliphatic rings. The summed E-state index contributed by atoms with van der Waals surface area (Å²) in [6.45, 7) is 4.36. The van der Waals surface area contributed by atoms with Gasteiger partial charge in [0, 0.05) is 37.5 Å². The van der Waals surface area contributed by atoms with E-state index in [0.29, 0.717) is 11.5 Å². The molecule has 0 unspecified atom stereocenters. The summed E-state index contributed by atoms with van der Waals surface area (Å²) in [5.74, 6) is 1.20. The van der Waals surface area contributed by atoms with E-state index in [-0.39, 0.29) is 5.56 Å². The highest BCUT2D eigenvalue weighted by molar-refractivity contribution is 7.16. The molecule has 0 aromatic carbocycles. The van der Waals surface area contributed by atoms with Gasteiger partial charge in [-0.2, -0.15) is 9.61 Å². The zero-order valence-corrected chi connectivity index (χ0v) is 14.7. The predicted molar refractivity (Wildman–Crippen MR) is 92.2 cm³/mol. The Morgan fingerprint density at radius 1 is 1.29 bits per heavy atom. The minimum atomic E-state index is -0.121. The summed E-state index contributed by atoms with van der Waals surface area (Å²) in [5.41, 5.74) is 1.71. The highest BCUT2D eigenvalue weighted by Gasteiger charge is 2.14. The molecular formula is C16H20N6OS. The SMILES string of the molecule is Cc1cc(=O)n2nc(CN(C)Cc3cn4c(n3)CCCC4)sc2n1. The van der Waals surface area contributed by atoms with Crippen LogP contribution in [0.2, 0.25) is 0 Å². The Morgan fingerprint density at radius 2 is 2.17 bits per heavy atom. The van der Waals surface area contributed by atoms with E-state index in [9.17, 15) is 4.79 Å². The van der Waals surface area contributed by atoms with Gasteiger partial charge in [0.25, 0.3) is 5.56 Å². The molecule has 3 aromatic rings. The van der Waals surface area contributed by atoms with E-state index >= 15 is 0 Å². The molecule has 0 saturated heterocycles. The van der Waals surface area contributed by atoms with Crippen molar-refractivity contribution in [2.24, 2.45) is 0 Å². The Labute approximate surface area is 143 Å². The maximum atomic E-state index is 11.9. The largest absolute Gasteiger partial charge is 0.335 e. The topological polar surface area (TPSA) is 68.3 Å².